The van der Waals surface area contributed by atoms with Crippen molar-refractivity contribution < 1.29 is 4.79 Å². The van der Waals surface area contributed by atoms with Crippen LogP contribution in [0.1, 0.15) is 40.5 Å². The summed E-state index contributed by atoms with van der Waals surface area (Å²) in [5.41, 5.74) is 3.63. The third-order valence-corrected chi connectivity index (χ3v) is 5.65. The highest BCUT2D eigenvalue weighted by atomic mass is 16.1. The van der Waals surface area contributed by atoms with Gasteiger partial charge >= 0.3 is 0 Å². The molecule has 7 nitrogen and oxygen atoms in total. The Bertz CT molecular complexity index is 978. The fourth-order valence-corrected chi connectivity index (χ4v) is 4.15. The van der Waals surface area contributed by atoms with Gasteiger partial charge in [-0.25, -0.2) is 9.97 Å². The van der Waals surface area contributed by atoms with Gasteiger partial charge in [-0.3, -0.25) is 9.89 Å². The summed E-state index contributed by atoms with van der Waals surface area (Å²) in [7, 11) is 0. The van der Waals surface area contributed by atoms with Crippen LogP contribution in [0, 0.1) is 0 Å². The number of piperidine rings is 1. The lowest BCUT2D eigenvalue weighted by Crippen LogP contribution is -2.38. The van der Waals surface area contributed by atoms with Crippen LogP contribution < -0.4 is 10.2 Å². The van der Waals surface area contributed by atoms with Crippen LogP contribution in [-0.2, 0) is 6.42 Å². The summed E-state index contributed by atoms with van der Waals surface area (Å²) in [6, 6.07) is 11.9. The van der Waals surface area contributed by atoms with Gasteiger partial charge in [0.15, 0.2) is 5.82 Å². The summed E-state index contributed by atoms with van der Waals surface area (Å²) >= 11 is 0. The third kappa shape index (κ3) is 3.02. The van der Waals surface area contributed by atoms with Gasteiger partial charge in [0.1, 0.15) is 11.5 Å². The Hall–Kier alpha value is -3.22. The van der Waals surface area contributed by atoms with Gasteiger partial charge in [0, 0.05) is 48.6 Å². The number of aromatic nitrogens is 4. The molecule has 1 fully saturated rings. The number of carbonyl (C=O) groups excluding carboxylic acids is 1. The molecule has 28 heavy (non-hydrogen) atoms. The number of nitrogens with zero attached hydrogens (tertiary/aromatic N) is 4. The van der Waals surface area contributed by atoms with E-state index < -0.39 is 0 Å². The molecule has 5 rings (SSSR count). The molecule has 2 aliphatic heterocycles. The Morgan fingerprint density at radius 2 is 1.86 bits per heavy atom. The first-order valence-corrected chi connectivity index (χ1v) is 9.78. The second-order valence-corrected chi connectivity index (χ2v) is 7.34. The second-order valence-electron chi connectivity index (χ2n) is 7.34. The number of fused-ring (bicyclic) bond motifs is 1. The quantitative estimate of drug-likeness (QED) is 0.736. The molecule has 1 amide bonds. The van der Waals surface area contributed by atoms with E-state index in [4.69, 9.17) is 4.98 Å². The van der Waals surface area contributed by atoms with E-state index in [2.05, 4.69) is 31.5 Å². The van der Waals surface area contributed by atoms with E-state index in [1.54, 1.807) is 0 Å². The van der Waals surface area contributed by atoms with Crippen LogP contribution in [0.5, 0.6) is 0 Å². The van der Waals surface area contributed by atoms with E-state index in [9.17, 15) is 4.79 Å². The van der Waals surface area contributed by atoms with Crippen molar-refractivity contribution in [1.29, 1.82) is 0 Å². The minimum absolute atomic E-state index is 0.102. The van der Waals surface area contributed by atoms with Gasteiger partial charge in [-0.1, -0.05) is 30.3 Å². The Morgan fingerprint density at radius 1 is 1.04 bits per heavy atom. The number of amides is 1. The Kier molecular flexibility index (Phi) is 4.27. The highest BCUT2D eigenvalue weighted by Crippen LogP contribution is 2.33. The van der Waals surface area contributed by atoms with Crippen molar-refractivity contribution in [3.8, 4) is 11.4 Å². The SMILES string of the molecule is O=C1NCCc2c1nc(-c1ccccc1)nc2N1CCC(c2ccn[nH]2)CC1. The van der Waals surface area contributed by atoms with E-state index in [1.165, 1.54) is 5.69 Å². The van der Waals surface area contributed by atoms with Crippen molar-refractivity contribution in [3.05, 3.63) is 59.5 Å². The first-order valence-electron chi connectivity index (χ1n) is 9.78. The summed E-state index contributed by atoms with van der Waals surface area (Å²) in [5, 5.41) is 10.1. The van der Waals surface area contributed by atoms with Crippen LogP contribution in [0.4, 0.5) is 5.82 Å². The molecule has 4 heterocycles. The minimum Gasteiger partial charge on any atom is -0.356 e. The van der Waals surface area contributed by atoms with Crippen LogP contribution in [0.15, 0.2) is 42.6 Å². The molecule has 2 aromatic heterocycles. The van der Waals surface area contributed by atoms with Gasteiger partial charge in [-0.05, 0) is 25.3 Å². The fraction of sp³-hybridized carbons (Fsp3) is 0.333. The van der Waals surface area contributed by atoms with E-state index in [0.717, 1.165) is 49.3 Å². The maximum atomic E-state index is 12.5. The number of benzene rings is 1. The van der Waals surface area contributed by atoms with Crippen molar-refractivity contribution in [3.63, 3.8) is 0 Å². The predicted molar refractivity (Wildman–Crippen MR) is 106 cm³/mol. The van der Waals surface area contributed by atoms with Crippen LogP contribution >= 0.6 is 0 Å². The molecule has 142 valence electrons. The molecule has 2 aliphatic rings. The molecule has 0 bridgehead atoms. The number of nitrogens with one attached hydrogen (secondary N) is 2. The molecule has 7 heteroatoms. The number of H-pyrrole nitrogens is 1. The number of aromatic amines is 1. The zero-order valence-electron chi connectivity index (χ0n) is 15.6. The van der Waals surface area contributed by atoms with Crippen molar-refractivity contribution in [1.82, 2.24) is 25.5 Å². The van der Waals surface area contributed by atoms with Gasteiger partial charge in [-0.2, -0.15) is 5.10 Å². The van der Waals surface area contributed by atoms with Crippen LogP contribution in [0.2, 0.25) is 0 Å². The monoisotopic (exact) mass is 374 g/mol. The van der Waals surface area contributed by atoms with Crippen LogP contribution in [0.25, 0.3) is 11.4 Å². The second kappa shape index (κ2) is 7.07. The summed E-state index contributed by atoms with van der Waals surface area (Å²) in [6.45, 7) is 2.45. The smallest absolute Gasteiger partial charge is 0.270 e. The fourth-order valence-electron chi connectivity index (χ4n) is 4.15. The average Bonchev–Trinajstić information content (AvgIpc) is 3.29. The number of hydrogen-bond acceptors (Lipinski definition) is 5. The number of anilines is 1. The number of carbonyl (C=O) groups is 1. The van der Waals surface area contributed by atoms with E-state index in [-0.39, 0.29) is 5.91 Å². The highest BCUT2D eigenvalue weighted by molar-refractivity contribution is 5.96. The summed E-state index contributed by atoms with van der Waals surface area (Å²) < 4.78 is 0. The van der Waals surface area contributed by atoms with Crippen molar-refractivity contribution in [2.75, 3.05) is 24.5 Å². The zero-order chi connectivity index (χ0) is 18.9. The first kappa shape index (κ1) is 16.9. The third-order valence-electron chi connectivity index (χ3n) is 5.65. The Balaban J connectivity index is 1.50. The topological polar surface area (TPSA) is 86.8 Å². The molecule has 0 spiro atoms. The summed E-state index contributed by atoms with van der Waals surface area (Å²) in [5.74, 6) is 1.92. The molecule has 0 atom stereocenters. The molecule has 0 saturated carbocycles. The Morgan fingerprint density at radius 3 is 2.61 bits per heavy atom. The van der Waals surface area contributed by atoms with Crippen molar-refractivity contribution in [2.45, 2.75) is 25.2 Å². The molecule has 3 aromatic rings. The Labute approximate surface area is 163 Å². The molecule has 0 aliphatic carbocycles. The number of hydrogen-bond donors (Lipinski definition) is 2. The molecule has 1 aromatic carbocycles. The number of rotatable bonds is 3. The van der Waals surface area contributed by atoms with Gasteiger partial charge in [0.05, 0.1) is 0 Å². The normalized spacial score (nSPS) is 17.3. The molecule has 2 N–H and O–H groups in total. The van der Waals surface area contributed by atoms with Gasteiger partial charge in [0.2, 0.25) is 0 Å². The standard InChI is InChI=1S/C21H22N6O/c28-21-18-16(6-10-22-21)20(25-19(24-18)15-4-2-1-3-5-15)27-12-8-14(9-13-27)17-7-11-23-26-17/h1-5,7,11,14H,6,8-10,12-13H2,(H,22,28)(H,23,26). The van der Waals surface area contributed by atoms with E-state index >= 15 is 0 Å². The minimum atomic E-state index is -0.102. The predicted octanol–water partition coefficient (Wildman–Crippen LogP) is 2.54. The van der Waals surface area contributed by atoms with Crippen LogP contribution in [-0.4, -0.2) is 45.7 Å². The largest absolute Gasteiger partial charge is 0.356 e. The molecular formula is C21H22N6O. The molecule has 1 saturated heterocycles. The summed E-state index contributed by atoms with van der Waals surface area (Å²) in [6.07, 6.45) is 4.65. The molecular weight excluding hydrogens is 352 g/mol. The maximum Gasteiger partial charge on any atom is 0.270 e. The molecule has 0 unspecified atom stereocenters. The zero-order valence-corrected chi connectivity index (χ0v) is 15.6. The van der Waals surface area contributed by atoms with Gasteiger partial charge in [-0.15, -0.1) is 0 Å². The summed E-state index contributed by atoms with van der Waals surface area (Å²) in [4.78, 5) is 24.3. The maximum absolute atomic E-state index is 12.5. The lowest BCUT2D eigenvalue weighted by Gasteiger charge is -2.34. The average molecular weight is 374 g/mol. The van der Waals surface area contributed by atoms with E-state index in [1.807, 2.05) is 36.5 Å². The lowest BCUT2D eigenvalue weighted by atomic mass is 9.93. The van der Waals surface area contributed by atoms with Crippen molar-refractivity contribution in [2.24, 2.45) is 0 Å². The lowest BCUT2D eigenvalue weighted by molar-refractivity contribution is 0.0940. The molecule has 0 radical (unpaired) electrons. The van der Waals surface area contributed by atoms with Gasteiger partial charge in [0.25, 0.3) is 5.91 Å². The van der Waals surface area contributed by atoms with E-state index in [0.29, 0.717) is 24.0 Å². The highest BCUT2D eigenvalue weighted by Gasteiger charge is 2.29. The van der Waals surface area contributed by atoms with Gasteiger partial charge < -0.3 is 10.2 Å². The first-order chi connectivity index (χ1) is 13.8. The van der Waals surface area contributed by atoms with Crippen molar-refractivity contribution >= 4 is 11.7 Å². The van der Waals surface area contributed by atoms with Crippen LogP contribution in [0.3, 0.4) is 0 Å².